The summed E-state index contributed by atoms with van der Waals surface area (Å²) in [5, 5.41) is 11.4. The third kappa shape index (κ3) is 2.32. The molecule has 0 saturated heterocycles. The van der Waals surface area contributed by atoms with E-state index in [0.717, 1.165) is 12.1 Å². The van der Waals surface area contributed by atoms with Gasteiger partial charge in [0.15, 0.2) is 0 Å². The zero-order valence-electron chi connectivity index (χ0n) is 10.0. The Morgan fingerprint density at radius 2 is 2.19 bits per heavy atom. The van der Waals surface area contributed by atoms with Crippen molar-refractivity contribution < 1.29 is 0 Å². The van der Waals surface area contributed by atoms with Gasteiger partial charge >= 0.3 is 0 Å². The van der Waals surface area contributed by atoms with Crippen LogP contribution in [0.2, 0.25) is 0 Å². The second kappa shape index (κ2) is 4.51. The summed E-state index contributed by atoms with van der Waals surface area (Å²) in [7, 11) is 0. The number of H-pyrrole nitrogens is 1. The van der Waals surface area contributed by atoms with Gasteiger partial charge in [0, 0.05) is 18.4 Å². The van der Waals surface area contributed by atoms with E-state index >= 15 is 0 Å². The Morgan fingerprint density at radius 1 is 1.38 bits per heavy atom. The molecule has 0 bridgehead atoms. The Bertz CT molecular complexity index is 428. The van der Waals surface area contributed by atoms with Crippen molar-refractivity contribution >= 4 is 0 Å². The molecule has 86 valence electrons. The average Bonchev–Trinajstić information content (AvgIpc) is 2.87. The SMILES string of the molecule is CC(Cc1ccn(C(C)C)n1)c1cn[nH]c1. The van der Waals surface area contributed by atoms with Crippen molar-refractivity contribution in [3.8, 4) is 0 Å². The highest BCUT2D eigenvalue weighted by atomic mass is 15.3. The molecule has 4 nitrogen and oxygen atoms in total. The molecule has 0 aliphatic carbocycles. The van der Waals surface area contributed by atoms with E-state index in [4.69, 9.17) is 0 Å². The molecule has 0 amide bonds. The van der Waals surface area contributed by atoms with Crippen LogP contribution in [-0.4, -0.2) is 20.0 Å². The van der Waals surface area contributed by atoms with E-state index in [-0.39, 0.29) is 0 Å². The lowest BCUT2D eigenvalue weighted by Gasteiger charge is -2.07. The lowest BCUT2D eigenvalue weighted by Crippen LogP contribution is -2.03. The molecule has 0 radical (unpaired) electrons. The number of aromatic nitrogens is 4. The van der Waals surface area contributed by atoms with Crippen molar-refractivity contribution in [1.29, 1.82) is 0 Å². The van der Waals surface area contributed by atoms with E-state index in [1.54, 1.807) is 0 Å². The van der Waals surface area contributed by atoms with E-state index in [0.29, 0.717) is 12.0 Å². The minimum Gasteiger partial charge on any atom is -0.285 e. The molecule has 2 aromatic rings. The van der Waals surface area contributed by atoms with Gasteiger partial charge in [-0.3, -0.25) is 9.78 Å². The minimum atomic E-state index is 0.429. The van der Waals surface area contributed by atoms with Crippen molar-refractivity contribution in [1.82, 2.24) is 20.0 Å². The zero-order valence-corrected chi connectivity index (χ0v) is 10.0. The van der Waals surface area contributed by atoms with Gasteiger partial charge in [0.25, 0.3) is 0 Å². The van der Waals surface area contributed by atoms with Gasteiger partial charge in [-0.05, 0) is 37.8 Å². The van der Waals surface area contributed by atoms with Crippen LogP contribution < -0.4 is 0 Å². The van der Waals surface area contributed by atoms with Crippen LogP contribution >= 0.6 is 0 Å². The Hall–Kier alpha value is -1.58. The summed E-state index contributed by atoms with van der Waals surface area (Å²) < 4.78 is 2.00. The predicted octanol–water partition coefficient (Wildman–Crippen LogP) is 2.53. The minimum absolute atomic E-state index is 0.429. The van der Waals surface area contributed by atoms with E-state index < -0.39 is 0 Å². The quantitative estimate of drug-likeness (QED) is 0.857. The van der Waals surface area contributed by atoms with Crippen molar-refractivity contribution in [3.63, 3.8) is 0 Å². The summed E-state index contributed by atoms with van der Waals surface area (Å²) in [5.74, 6) is 0.453. The maximum absolute atomic E-state index is 4.55. The molecule has 1 atom stereocenters. The fraction of sp³-hybridized carbons (Fsp3) is 0.500. The number of hydrogen-bond donors (Lipinski definition) is 1. The number of hydrogen-bond acceptors (Lipinski definition) is 2. The summed E-state index contributed by atoms with van der Waals surface area (Å²) in [5.41, 5.74) is 2.38. The van der Waals surface area contributed by atoms with Crippen LogP contribution in [-0.2, 0) is 6.42 Å². The van der Waals surface area contributed by atoms with Crippen molar-refractivity contribution in [3.05, 3.63) is 35.9 Å². The van der Waals surface area contributed by atoms with Gasteiger partial charge in [-0.1, -0.05) is 6.92 Å². The molecular formula is C12H18N4. The van der Waals surface area contributed by atoms with Crippen molar-refractivity contribution in [2.24, 2.45) is 0 Å². The van der Waals surface area contributed by atoms with Crippen LogP contribution in [0.15, 0.2) is 24.7 Å². The topological polar surface area (TPSA) is 46.5 Å². The summed E-state index contributed by atoms with van der Waals surface area (Å²) in [4.78, 5) is 0. The van der Waals surface area contributed by atoms with Crippen LogP contribution in [0.3, 0.4) is 0 Å². The van der Waals surface area contributed by atoms with Crippen LogP contribution in [0.4, 0.5) is 0 Å². The van der Waals surface area contributed by atoms with E-state index in [1.165, 1.54) is 5.56 Å². The monoisotopic (exact) mass is 218 g/mol. The predicted molar refractivity (Wildman–Crippen MR) is 63.3 cm³/mol. The van der Waals surface area contributed by atoms with Crippen LogP contribution in [0.5, 0.6) is 0 Å². The fourth-order valence-corrected chi connectivity index (χ4v) is 1.74. The molecular weight excluding hydrogens is 200 g/mol. The molecule has 0 saturated carbocycles. The smallest absolute Gasteiger partial charge is 0.0630 e. The van der Waals surface area contributed by atoms with Crippen molar-refractivity contribution in [2.45, 2.75) is 39.2 Å². The number of rotatable bonds is 4. The van der Waals surface area contributed by atoms with E-state index in [1.807, 2.05) is 23.3 Å². The molecule has 2 aromatic heterocycles. The third-order valence-electron chi connectivity index (χ3n) is 2.80. The first-order valence-corrected chi connectivity index (χ1v) is 5.69. The number of aromatic amines is 1. The lowest BCUT2D eigenvalue weighted by molar-refractivity contribution is 0.523. The van der Waals surface area contributed by atoms with Crippen LogP contribution in [0, 0.1) is 0 Å². The first-order chi connectivity index (χ1) is 7.66. The lowest BCUT2D eigenvalue weighted by atomic mass is 10.00. The van der Waals surface area contributed by atoms with Gasteiger partial charge in [-0.25, -0.2) is 0 Å². The maximum atomic E-state index is 4.55. The molecule has 0 fully saturated rings. The Balaban J connectivity index is 2.03. The first-order valence-electron chi connectivity index (χ1n) is 5.69. The van der Waals surface area contributed by atoms with Gasteiger partial charge in [0.1, 0.15) is 0 Å². The second-order valence-electron chi connectivity index (χ2n) is 4.52. The second-order valence-corrected chi connectivity index (χ2v) is 4.52. The summed E-state index contributed by atoms with van der Waals surface area (Å²) in [6, 6.07) is 2.52. The summed E-state index contributed by atoms with van der Waals surface area (Å²) >= 11 is 0. The molecule has 16 heavy (non-hydrogen) atoms. The largest absolute Gasteiger partial charge is 0.285 e. The zero-order chi connectivity index (χ0) is 11.5. The molecule has 0 aliphatic rings. The van der Waals surface area contributed by atoms with Crippen LogP contribution in [0.1, 0.15) is 44.0 Å². The van der Waals surface area contributed by atoms with Gasteiger partial charge in [0.2, 0.25) is 0 Å². The van der Waals surface area contributed by atoms with Crippen LogP contribution in [0.25, 0.3) is 0 Å². The molecule has 2 heterocycles. The molecule has 0 spiro atoms. The van der Waals surface area contributed by atoms with Crippen molar-refractivity contribution in [2.75, 3.05) is 0 Å². The Morgan fingerprint density at radius 3 is 2.75 bits per heavy atom. The van der Waals surface area contributed by atoms with Gasteiger partial charge < -0.3 is 0 Å². The Kier molecular flexibility index (Phi) is 3.08. The maximum Gasteiger partial charge on any atom is 0.0630 e. The number of nitrogens with one attached hydrogen (secondary N) is 1. The molecule has 1 N–H and O–H groups in total. The van der Waals surface area contributed by atoms with Gasteiger partial charge in [-0.15, -0.1) is 0 Å². The fourth-order valence-electron chi connectivity index (χ4n) is 1.74. The standard InChI is InChI=1S/C12H18N4/c1-9(2)16-5-4-12(15-16)6-10(3)11-7-13-14-8-11/h4-5,7-10H,6H2,1-3H3,(H,13,14). The highest BCUT2D eigenvalue weighted by Crippen LogP contribution is 2.18. The highest BCUT2D eigenvalue weighted by Gasteiger charge is 2.10. The molecule has 2 rings (SSSR count). The molecule has 4 heteroatoms. The van der Waals surface area contributed by atoms with Gasteiger partial charge in [0.05, 0.1) is 11.9 Å². The van der Waals surface area contributed by atoms with Gasteiger partial charge in [-0.2, -0.15) is 10.2 Å². The third-order valence-corrected chi connectivity index (χ3v) is 2.80. The molecule has 0 aromatic carbocycles. The normalized spacial score (nSPS) is 13.2. The summed E-state index contributed by atoms with van der Waals surface area (Å²) in [6.45, 7) is 6.46. The molecule has 0 aliphatic heterocycles. The van der Waals surface area contributed by atoms with E-state index in [9.17, 15) is 0 Å². The Labute approximate surface area is 95.7 Å². The molecule has 1 unspecified atom stereocenters. The highest BCUT2D eigenvalue weighted by molar-refractivity contribution is 5.13. The first kappa shape index (κ1) is 10.9. The number of nitrogens with zero attached hydrogens (tertiary/aromatic N) is 3. The average molecular weight is 218 g/mol. The van der Waals surface area contributed by atoms with E-state index in [2.05, 4.69) is 42.1 Å². The summed E-state index contributed by atoms with van der Waals surface area (Å²) in [6.07, 6.45) is 6.83.